The van der Waals surface area contributed by atoms with Gasteiger partial charge in [0.25, 0.3) is 10.0 Å². The lowest BCUT2D eigenvalue weighted by atomic mass is 9.96. The van der Waals surface area contributed by atoms with E-state index in [1.165, 1.54) is 6.07 Å². The Labute approximate surface area is 148 Å². The number of hydrogen-bond acceptors (Lipinski definition) is 5. The Bertz CT molecular complexity index is 804. The van der Waals surface area contributed by atoms with Crippen LogP contribution in [0, 0.1) is 0 Å². The number of amidine groups is 1. The van der Waals surface area contributed by atoms with Gasteiger partial charge in [0, 0.05) is 24.2 Å². The molecule has 3 N–H and O–H groups in total. The highest BCUT2D eigenvalue weighted by atomic mass is 32.2. The van der Waals surface area contributed by atoms with Gasteiger partial charge in [-0.15, -0.1) is 0 Å². The fourth-order valence-corrected chi connectivity index (χ4v) is 4.74. The molecule has 0 bridgehead atoms. The molecule has 1 amide bonds. The van der Waals surface area contributed by atoms with Crippen molar-refractivity contribution in [2.24, 2.45) is 10.7 Å². The van der Waals surface area contributed by atoms with Gasteiger partial charge in [0.05, 0.1) is 4.90 Å². The highest BCUT2D eigenvalue weighted by Gasteiger charge is 2.34. The summed E-state index contributed by atoms with van der Waals surface area (Å²) < 4.78 is 26.8. The molecule has 2 heterocycles. The lowest BCUT2D eigenvalue weighted by Crippen LogP contribution is -2.53. The van der Waals surface area contributed by atoms with Crippen molar-refractivity contribution in [1.82, 2.24) is 9.62 Å². The zero-order chi connectivity index (χ0) is 18.2. The summed E-state index contributed by atoms with van der Waals surface area (Å²) in [4.78, 5) is 19.2. The maximum absolute atomic E-state index is 12.9. The molecular weight excluding hydrogens is 340 g/mol. The first-order chi connectivity index (χ1) is 11.8. The molecule has 2 aliphatic rings. The third-order valence-electron chi connectivity index (χ3n) is 4.78. The first kappa shape index (κ1) is 17.9. The quantitative estimate of drug-likeness (QED) is 0.829. The van der Waals surface area contributed by atoms with E-state index in [1.807, 2.05) is 6.92 Å². The van der Waals surface area contributed by atoms with Gasteiger partial charge in [-0.05, 0) is 45.2 Å². The fraction of sp³-hybridized carbons (Fsp3) is 0.529. The van der Waals surface area contributed by atoms with E-state index in [1.54, 1.807) is 30.0 Å². The minimum atomic E-state index is -3.60. The molecule has 3 unspecified atom stereocenters. The molecular formula is C17H24N4O3S. The van der Waals surface area contributed by atoms with Gasteiger partial charge >= 0.3 is 0 Å². The van der Waals surface area contributed by atoms with Crippen LogP contribution in [0.1, 0.15) is 38.7 Å². The SMILES string of the molecule is CC(N=C1NS(=O)(=O)c2ccccc21)C(=O)N1CCCCC1C(C)N. The van der Waals surface area contributed by atoms with Gasteiger partial charge in [-0.2, -0.15) is 0 Å². The van der Waals surface area contributed by atoms with E-state index < -0.39 is 16.1 Å². The number of carbonyl (C=O) groups is 1. The average molecular weight is 364 g/mol. The van der Waals surface area contributed by atoms with Crippen LogP contribution in [0.25, 0.3) is 0 Å². The van der Waals surface area contributed by atoms with Crippen LogP contribution in [0.3, 0.4) is 0 Å². The van der Waals surface area contributed by atoms with E-state index in [0.717, 1.165) is 19.3 Å². The van der Waals surface area contributed by atoms with E-state index in [-0.39, 0.29) is 28.7 Å². The molecule has 3 rings (SSSR count). The number of nitrogens with one attached hydrogen (secondary N) is 1. The number of hydrogen-bond donors (Lipinski definition) is 2. The standard InChI is InChI=1S/C17H24N4O3S/c1-11(18)14-8-5-6-10-21(14)17(22)12(2)19-16-13-7-3-4-9-15(13)25(23,24)20-16/h3-4,7,9,11-12,14H,5-6,8,10,18H2,1-2H3,(H,19,20). The van der Waals surface area contributed by atoms with E-state index in [4.69, 9.17) is 5.73 Å². The summed E-state index contributed by atoms with van der Waals surface area (Å²) in [6.07, 6.45) is 2.90. The lowest BCUT2D eigenvalue weighted by molar-refractivity contribution is -0.136. The molecule has 1 saturated heterocycles. The highest BCUT2D eigenvalue weighted by Crippen LogP contribution is 2.24. The number of rotatable bonds is 3. The zero-order valence-corrected chi connectivity index (χ0v) is 15.3. The summed E-state index contributed by atoms with van der Waals surface area (Å²) in [7, 11) is -3.60. The monoisotopic (exact) mass is 364 g/mol. The molecule has 136 valence electrons. The van der Waals surface area contributed by atoms with Crippen LogP contribution in [-0.2, 0) is 14.8 Å². The van der Waals surface area contributed by atoms with E-state index in [0.29, 0.717) is 12.1 Å². The number of carbonyl (C=O) groups excluding carboxylic acids is 1. The van der Waals surface area contributed by atoms with Gasteiger partial charge in [0.1, 0.15) is 11.9 Å². The van der Waals surface area contributed by atoms with Crippen molar-refractivity contribution in [3.63, 3.8) is 0 Å². The summed E-state index contributed by atoms with van der Waals surface area (Å²) in [5.41, 5.74) is 6.54. The van der Waals surface area contributed by atoms with Crippen LogP contribution < -0.4 is 10.5 Å². The van der Waals surface area contributed by atoms with E-state index >= 15 is 0 Å². The molecule has 25 heavy (non-hydrogen) atoms. The topological polar surface area (TPSA) is 105 Å². The van der Waals surface area contributed by atoms with Gasteiger partial charge < -0.3 is 10.6 Å². The summed E-state index contributed by atoms with van der Waals surface area (Å²) in [5.74, 6) is 0.115. The van der Waals surface area contributed by atoms with Crippen LogP contribution in [0.15, 0.2) is 34.2 Å². The number of benzene rings is 1. The van der Waals surface area contributed by atoms with E-state index in [2.05, 4.69) is 9.71 Å². The van der Waals surface area contributed by atoms with Crippen LogP contribution in [0.2, 0.25) is 0 Å². The fourth-order valence-electron chi connectivity index (χ4n) is 3.50. The van der Waals surface area contributed by atoms with Gasteiger partial charge in [-0.25, -0.2) is 8.42 Å². The number of nitrogens with zero attached hydrogens (tertiary/aromatic N) is 2. The highest BCUT2D eigenvalue weighted by molar-refractivity contribution is 7.90. The molecule has 2 aliphatic heterocycles. The lowest BCUT2D eigenvalue weighted by Gasteiger charge is -2.38. The van der Waals surface area contributed by atoms with Gasteiger partial charge in [-0.3, -0.25) is 14.5 Å². The van der Waals surface area contributed by atoms with Crippen LogP contribution >= 0.6 is 0 Å². The van der Waals surface area contributed by atoms with Gasteiger partial charge in [0.2, 0.25) is 5.91 Å². The summed E-state index contributed by atoms with van der Waals surface area (Å²) in [6.45, 7) is 4.27. The predicted octanol–water partition coefficient (Wildman–Crippen LogP) is 0.842. The number of likely N-dealkylation sites (tertiary alicyclic amines) is 1. The molecule has 0 aromatic heterocycles. The summed E-state index contributed by atoms with van der Waals surface area (Å²) >= 11 is 0. The Balaban J connectivity index is 1.85. The third-order valence-corrected chi connectivity index (χ3v) is 6.18. The molecule has 1 aromatic rings. The normalized spacial score (nSPS) is 26.0. The maximum Gasteiger partial charge on any atom is 0.263 e. The minimum Gasteiger partial charge on any atom is -0.336 e. The Kier molecular flexibility index (Phi) is 4.83. The zero-order valence-electron chi connectivity index (χ0n) is 14.5. The second-order valence-corrected chi connectivity index (χ2v) is 8.36. The second kappa shape index (κ2) is 6.76. The molecule has 1 fully saturated rings. The summed E-state index contributed by atoms with van der Waals surface area (Å²) in [5, 5.41) is 0. The molecule has 8 heteroatoms. The number of fused-ring (bicyclic) bond motifs is 1. The Hall–Kier alpha value is -1.93. The van der Waals surface area contributed by atoms with E-state index in [9.17, 15) is 13.2 Å². The van der Waals surface area contributed by atoms with Gasteiger partial charge in [-0.1, -0.05) is 12.1 Å². The van der Waals surface area contributed by atoms with Crippen LogP contribution in [0.4, 0.5) is 0 Å². The second-order valence-electron chi connectivity index (χ2n) is 6.71. The Morgan fingerprint density at radius 1 is 1.32 bits per heavy atom. The van der Waals surface area contributed by atoms with Crippen molar-refractivity contribution in [2.45, 2.75) is 56.1 Å². The van der Waals surface area contributed by atoms with Crippen LogP contribution in [0.5, 0.6) is 0 Å². The Morgan fingerprint density at radius 2 is 2.04 bits per heavy atom. The first-order valence-corrected chi connectivity index (χ1v) is 10.1. The number of nitrogens with two attached hydrogens (primary N) is 1. The number of aliphatic imine (C=N–C) groups is 1. The van der Waals surface area contributed by atoms with Crippen molar-refractivity contribution in [3.8, 4) is 0 Å². The number of sulfonamides is 1. The molecule has 0 spiro atoms. The predicted molar refractivity (Wildman–Crippen MR) is 95.8 cm³/mol. The van der Waals surface area contributed by atoms with Gasteiger partial charge in [0.15, 0.2) is 0 Å². The van der Waals surface area contributed by atoms with Crippen molar-refractivity contribution in [2.75, 3.05) is 6.54 Å². The molecule has 3 atom stereocenters. The molecule has 1 aromatic carbocycles. The van der Waals surface area contributed by atoms with Crippen molar-refractivity contribution in [1.29, 1.82) is 0 Å². The molecule has 0 aliphatic carbocycles. The maximum atomic E-state index is 12.9. The molecule has 0 saturated carbocycles. The third kappa shape index (κ3) is 3.41. The van der Waals surface area contributed by atoms with Crippen molar-refractivity contribution in [3.05, 3.63) is 29.8 Å². The van der Waals surface area contributed by atoms with Crippen molar-refractivity contribution < 1.29 is 13.2 Å². The first-order valence-electron chi connectivity index (χ1n) is 8.57. The average Bonchev–Trinajstić information content (AvgIpc) is 2.85. The van der Waals surface area contributed by atoms with Crippen LogP contribution in [-0.4, -0.2) is 49.7 Å². The smallest absolute Gasteiger partial charge is 0.263 e. The molecule has 0 radical (unpaired) electrons. The number of amides is 1. The number of piperidine rings is 1. The largest absolute Gasteiger partial charge is 0.336 e. The molecule has 7 nitrogen and oxygen atoms in total. The summed E-state index contributed by atoms with van der Waals surface area (Å²) in [6, 6.07) is 5.86. The minimum absolute atomic E-state index is 0.0106. The van der Waals surface area contributed by atoms with Crippen molar-refractivity contribution >= 4 is 21.8 Å². The Morgan fingerprint density at radius 3 is 2.76 bits per heavy atom.